The zero-order valence-electron chi connectivity index (χ0n) is 50.3. The quantitative estimate of drug-likeness (QED) is 0.0156. The van der Waals surface area contributed by atoms with E-state index in [2.05, 4.69) is 62.5 Å². The van der Waals surface area contributed by atoms with E-state index in [-0.39, 0.29) is 31.5 Å². The van der Waals surface area contributed by atoms with E-state index in [0.717, 1.165) is 83.5 Å². The van der Waals surface area contributed by atoms with E-state index in [9.17, 15) is 19.0 Å². The van der Waals surface area contributed by atoms with Gasteiger partial charge in [-0.2, -0.15) is 0 Å². The third kappa shape index (κ3) is 56.5. The van der Waals surface area contributed by atoms with Crippen LogP contribution in [0, 0.1) is 0 Å². The highest BCUT2D eigenvalue weighted by atomic mass is 31.2. The van der Waals surface area contributed by atoms with Gasteiger partial charge in [0.15, 0.2) is 0 Å². The predicted octanol–water partition coefficient (Wildman–Crippen LogP) is 19.7. The lowest BCUT2D eigenvalue weighted by molar-refractivity contribution is -0.870. The first-order valence-electron chi connectivity index (χ1n) is 32.0. The number of nitrogens with zero attached hydrogens (tertiary/aromatic N) is 1. The van der Waals surface area contributed by atoms with Gasteiger partial charge in [0.2, 0.25) is 5.91 Å². The van der Waals surface area contributed by atoms with Crippen molar-refractivity contribution in [2.45, 2.75) is 315 Å². The first-order chi connectivity index (χ1) is 36.4. The molecular formula is C65H124N2O7P+. The minimum atomic E-state index is -4.45. The van der Waals surface area contributed by atoms with Gasteiger partial charge < -0.3 is 19.4 Å². The van der Waals surface area contributed by atoms with Crippen molar-refractivity contribution in [3.63, 3.8) is 0 Å². The van der Waals surface area contributed by atoms with Crippen LogP contribution in [0.4, 0.5) is 0 Å². The van der Waals surface area contributed by atoms with Gasteiger partial charge in [0.05, 0.1) is 33.8 Å². The van der Waals surface area contributed by atoms with Gasteiger partial charge in [0, 0.05) is 12.8 Å². The average Bonchev–Trinajstić information content (AvgIpc) is 3.37. The number of hydrogen-bond donors (Lipinski definition) is 2. The number of phosphoric acid groups is 1. The van der Waals surface area contributed by atoms with Crippen LogP contribution in [0.3, 0.4) is 0 Å². The molecule has 0 radical (unpaired) electrons. The van der Waals surface area contributed by atoms with E-state index < -0.39 is 20.0 Å². The molecule has 0 aliphatic carbocycles. The highest BCUT2D eigenvalue weighted by molar-refractivity contribution is 7.47. The lowest BCUT2D eigenvalue weighted by atomic mass is 10.0. The summed E-state index contributed by atoms with van der Waals surface area (Å²) in [7, 11) is 1.49. The molecule has 0 rings (SSSR count). The number of unbranched alkanes of at least 4 members (excludes halogenated alkanes) is 38. The zero-order valence-corrected chi connectivity index (χ0v) is 51.2. The molecule has 0 aromatic carbocycles. The smallest absolute Gasteiger partial charge is 0.456 e. The average molecular weight is 1080 g/mol. The molecule has 10 heteroatoms. The van der Waals surface area contributed by atoms with Crippen LogP contribution >= 0.6 is 7.82 Å². The summed E-state index contributed by atoms with van der Waals surface area (Å²) in [4.78, 5) is 37.6. The second-order valence-corrected chi connectivity index (χ2v) is 24.4. The van der Waals surface area contributed by atoms with E-state index in [0.29, 0.717) is 17.4 Å². The number of carbonyl (C=O) groups excluding carboxylic acids is 2. The Bertz CT molecular complexity index is 1420. The number of quaternary nitrogens is 1. The number of esters is 1. The Balaban J connectivity index is 5.02. The van der Waals surface area contributed by atoms with Crippen LogP contribution in [-0.4, -0.2) is 74.3 Å². The molecule has 75 heavy (non-hydrogen) atoms. The summed E-state index contributed by atoms with van der Waals surface area (Å²) in [6.07, 6.45) is 68.5. The number of phosphoric ester groups is 1. The van der Waals surface area contributed by atoms with Gasteiger partial charge in [0.1, 0.15) is 19.3 Å². The molecule has 2 N–H and O–H groups in total. The Labute approximate surface area is 465 Å². The highest BCUT2D eigenvalue weighted by Crippen LogP contribution is 2.43. The second kappa shape index (κ2) is 55.3. The minimum absolute atomic E-state index is 0.0376. The fourth-order valence-corrected chi connectivity index (χ4v) is 10.1. The molecule has 0 heterocycles. The number of nitrogens with one attached hydrogen (secondary N) is 1. The number of hydrogen-bond acceptors (Lipinski definition) is 6. The van der Waals surface area contributed by atoms with Crippen molar-refractivity contribution in [2.24, 2.45) is 0 Å². The molecule has 3 unspecified atom stereocenters. The Morgan fingerprint density at radius 3 is 1.27 bits per heavy atom. The van der Waals surface area contributed by atoms with Crippen molar-refractivity contribution in [3.8, 4) is 0 Å². The number of rotatable bonds is 58. The van der Waals surface area contributed by atoms with Gasteiger partial charge in [-0.3, -0.25) is 18.6 Å². The maximum absolute atomic E-state index is 13.5. The summed E-state index contributed by atoms with van der Waals surface area (Å²) in [5.74, 6) is -0.519. The van der Waals surface area contributed by atoms with E-state index in [4.69, 9.17) is 13.8 Å². The van der Waals surface area contributed by atoms with E-state index in [1.807, 2.05) is 33.3 Å². The number of amides is 1. The molecule has 0 saturated carbocycles. The molecule has 440 valence electrons. The summed E-state index contributed by atoms with van der Waals surface area (Å²) in [6.45, 7) is 6.89. The third-order valence-corrected chi connectivity index (χ3v) is 15.3. The highest BCUT2D eigenvalue weighted by Gasteiger charge is 2.30. The molecule has 0 saturated heterocycles. The van der Waals surface area contributed by atoms with Crippen molar-refractivity contribution in [1.29, 1.82) is 0 Å². The SMILES string of the molecule is CC/C=C/C=C/C=C\CCCCCCCC(=O)OC(/C=C\CCCCCCCCCCC)C(COP(=O)(O)OCC[N+](C)(C)C)NC(=O)CCCCCCCCCCCCCCCCCCCCCCCCCCC. The normalized spacial score (nSPS) is 14.0. The molecule has 3 atom stereocenters. The first-order valence-corrected chi connectivity index (χ1v) is 33.5. The molecule has 0 fully saturated rings. The molecule has 0 aromatic heterocycles. The minimum Gasteiger partial charge on any atom is -0.456 e. The van der Waals surface area contributed by atoms with Crippen LogP contribution in [0.15, 0.2) is 48.6 Å². The van der Waals surface area contributed by atoms with E-state index in [1.165, 1.54) is 186 Å². The van der Waals surface area contributed by atoms with Gasteiger partial charge in [-0.1, -0.05) is 288 Å². The van der Waals surface area contributed by atoms with Crippen LogP contribution in [0.5, 0.6) is 0 Å². The lowest BCUT2D eigenvalue weighted by Gasteiger charge is -2.27. The monoisotopic (exact) mass is 1080 g/mol. The van der Waals surface area contributed by atoms with Gasteiger partial charge >= 0.3 is 13.8 Å². The lowest BCUT2D eigenvalue weighted by Crippen LogP contribution is -2.47. The first kappa shape index (κ1) is 73.0. The van der Waals surface area contributed by atoms with Crippen molar-refractivity contribution in [1.82, 2.24) is 5.32 Å². The summed E-state index contributed by atoms with van der Waals surface area (Å²) in [5, 5.41) is 3.05. The van der Waals surface area contributed by atoms with Gasteiger partial charge in [-0.15, -0.1) is 0 Å². The zero-order chi connectivity index (χ0) is 55.0. The van der Waals surface area contributed by atoms with Crippen LogP contribution < -0.4 is 5.32 Å². The Kier molecular flexibility index (Phi) is 53.8. The molecule has 0 bridgehead atoms. The van der Waals surface area contributed by atoms with Crippen LogP contribution in [0.1, 0.15) is 303 Å². The van der Waals surface area contributed by atoms with E-state index >= 15 is 0 Å². The Hall–Kier alpha value is -2.03. The topological polar surface area (TPSA) is 111 Å². The summed E-state index contributed by atoms with van der Waals surface area (Å²) in [5.41, 5.74) is 0. The fraction of sp³-hybridized carbons (Fsp3) is 0.846. The second-order valence-electron chi connectivity index (χ2n) is 23.0. The van der Waals surface area contributed by atoms with Crippen LogP contribution in [0.2, 0.25) is 0 Å². The van der Waals surface area contributed by atoms with E-state index in [1.54, 1.807) is 0 Å². The Morgan fingerprint density at radius 1 is 0.480 bits per heavy atom. The Morgan fingerprint density at radius 2 is 0.853 bits per heavy atom. The number of allylic oxidation sites excluding steroid dienone is 7. The van der Waals surface area contributed by atoms with Crippen LogP contribution in [0.25, 0.3) is 0 Å². The predicted molar refractivity (Wildman–Crippen MR) is 323 cm³/mol. The van der Waals surface area contributed by atoms with Crippen LogP contribution in [-0.2, 0) is 27.9 Å². The molecule has 1 amide bonds. The van der Waals surface area contributed by atoms with Crippen molar-refractivity contribution < 1.29 is 37.3 Å². The van der Waals surface area contributed by atoms with Crippen molar-refractivity contribution in [2.75, 3.05) is 40.9 Å². The molecule has 9 nitrogen and oxygen atoms in total. The fourth-order valence-electron chi connectivity index (χ4n) is 9.41. The molecular weight excluding hydrogens is 952 g/mol. The third-order valence-electron chi connectivity index (χ3n) is 14.3. The number of ether oxygens (including phenoxy) is 1. The van der Waals surface area contributed by atoms with Gasteiger partial charge in [-0.05, 0) is 51.0 Å². The van der Waals surface area contributed by atoms with Crippen molar-refractivity contribution >= 4 is 19.7 Å². The van der Waals surface area contributed by atoms with Gasteiger partial charge in [-0.25, -0.2) is 4.57 Å². The van der Waals surface area contributed by atoms with Gasteiger partial charge in [0.25, 0.3) is 0 Å². The number of carbonyl (C=O) groups is 2. The summed E-state index contributed by atoms with van der Waals surface area (Å²) in [6, 6.07) is -0.854. The summed E-state index contributed by atoms with van der Waals surface area (Å²) < 4.78 is 30.6. The molecule has 0 aliphatic heterocycles. The molecule has 0 aromatic rings. The van der Waals surface area contributed by atoms with Crippen molar-refractivity contribution in [3.05, 3.63) is 48.6 Å². The standard InChI is InChI=1S/C65H123N2O7P/c1-7-10-13-16-19-22-25-27-28-29-30-31-32-33-34-35-36-37-38-40-42-45-48-51-54-57-64(68)66-62(61-73-75(70,71)72-60-59-67(4,5)6)63(56-53-50-47-44-41-24-21-18-15-12-9-3)74-65(69)58-55-52-49-46-43-39-26-23-20-17-14-11-8-2/h11,14,17,20,23,26,53,56,62-63H,7-10,12-13,15-16,18-19,21-22,24-25,27-52,54-55,57-61H2,1-6H3,(H-,66,68,70,71)/p+1/b14-11+,20-17+,26-23-,56-53-. The largest absolute Gasteiger partial charge is 0.472 e. The number of likely N-dealkylation sites (N-methyl/N-ethyl adjacent to an activating group) is 1. The summed E-state index contributed by atoms with van der Waals surface area (Å²) >= 11 is 0. The maximum Gasteiger partial charge on any atom is 0.472 e. The maximum atomic E-state index is 13.5. The molecule has 0 aliphatic rings. The molecule has 0 spiro atoms.